The summed E-state index contributed by atoms with van der Waals surface area (Å²) >= 11 is 0. The van der Waals surface area contributed by atoms with E-state index in [1.807, 2.05) is 0 Å². The molecule has 0 spiro atoms. The number of carbonyl (C=O) groups is 1. The van der Waals surface area contributed by atoms with E-state index < -0.39 is 0 Å². The van der Waals surface area contributed by atoms with Crippen LogP contribution in [0.3, 0.4) is 0 Å². The maximum absolute atomic E-state index is 12.7. The summed E-state index contributed by atoms with van der Waals surface area (Å²) in [6.45, 7) is 2.21. The Morgan fingerprint density at radius 3 is 1.80 bits per heavy atom. The molecule has 116 valence electrons. The zero-order chi connectivity index (χ0) is 14.2. The van der Waals surface area contributed by atoms with Crippen molar-refractivity contribution in [3.05, 3.63) is 0 Å². The topological polar surface area (TPSA) is 20.3 Å². The molecule has 2 aliphatic carbocycles. The smallest absolute Gasteiger partial charge is 0.223 e. The van der Waals surface area contributed by atoms with Gasteiger partial charge in [0.1, 0.15) is 0 Å². The summed E-state index contributed by atoms with van der Waals surface area (Å²) in [6, 6.07) is 1.14. The van der Waals surface area contributed by atoms with Crippen molar-refractivity contribution in [2.45, 2.75) is 109 Å². The van der Waals surface area contributed by atoms with Crippen molar-refractivity contribution in [1.82, 2.24) is 4.90 Å². The van der Waals surface area contributed by atoms with Crippen molar-refractivity contribution < 1.29 is 4.79 Å². The largest absolute Gasteiger partial charge is 0.337 e. The van der Waals surface area contributed by atoms with E-state index in [-0.39, 0.29) is 0 Å². The molecule has 1 amide bonds. The number of nitrogens with zero attached hydrogens (tertiary/aromatic N) is 1. The highest BCUT2D eigenvalue weighted by Gasteiger charge is 2.31. The van der Waals surface area contributed by atoms with Crippen LogP contribution in [0.15, 0.2) is 0 Å². The van der Waals surface area contributed by atoms with Crippen LogP contribution in [-0.4, -0.2) is 22.9 Å². The summed E-state index contributed by atoms with van der Waals surface area (Å²) < 4.78 is 0. The zero-order valence-electron chi connectivity index (χ0n) is 13.4. The third kappa shape index (κ3) is 4.49. The van der Waals surface area contributed by atoms with E-state index >= 15 is 0 Å². The number of unbranched alkanes of at least 4 members (excludes halogenated alkanes) is 2. The van der Waals surface area contributed by atoms with Gasteiger partial charge in [0.2, 0.25) is 5.91 Å². The van der Waals surface area contributed by atoms with Gasteiger partial charge in [-0.3, -0.25) is 4.79 Å². The minimum absolute atomic E-state index is 0.470. The number of carbonyl (C=O) groups excluding carboxylic acids is 1. The Balaban J connectivity index is 1.95. The zero-order valence-corrected chi connectivity index (χ0v) is 13.4. The number of amides is 1. The first kappa shape index (κ1) is 15.9. The van der Waals surface area contributed by atoms with Crippen LogP contribution >= 0.6 is 0 Å². The molecule has 0 aliphatic heterocycles. The van der Waals surface area contributed by atoms with Crippen LogP contribution in [0.1, 0.15) is 96.8 Å². The van der Waals surface area contributed by atoms with Crippen LogP contribution in [0.4, 0.5) is 0 Å². The van der Waals surface area contributed by atoms with Crippen LogP contribution in [0.5, 0.6) is 0 Å². The molecule has 2 fully saturated rings. The Morgan fingerprint density at radius 1 is 0.850 bits per heavy atom. The van der Waals surface area contributed by atoms with Crippen LogP contribution in [0, 0.1) is 0 Å². The fraction of sp³-hybridized carbons (Fsp3) is 0.944. The highest BCUT2D eigenvalue weighted by molar-refractivity contribution is 5.77. The van der Waals surface area contributed by atoms with Gasteiger partial charge in [-0.15, -0.1) is 0 Å². The summed E-state index contributed by atoms with van der Waals surface area (Å²) in [4.78, 5) is 15.1. The van der Waals surface area contributed by atoms with Crippen molar-refractivity contribution in [3.8, 4) is 0 Å². The Morgan fingerprint density at radius 2 is 1.35 bits per heavy atom. The summed E-state index contributed by atoms with van der Waals surface area (Å²) in [7, 11) is 0. The molecule has 0 aromatic heterocycles. The maximum atomic E-state index is 12.7. The molecule has 2 nitrogen and oxygen atoms in total. The Labute approximate surface area is 125 Å². The fourth-order valence-corrected chi connectivity index (χ4v) is 4.08. The van der Waals surface area contributed by atoms with Crippen LogP contribution in [0.2, 0.25) is 0 Å². The lowest BCUT2D eigenvalue weighted by atomic mass is 9.88. The second kappa shape index (κ2) is 8.69. The Hall–Kier alpha value is -0.530. The molecule has 0 heterocycles. The minimum Gasteiger partial charge on any atom is -0.337 e. The number of hydrogen-bond acceptors (Lipinski definition) is 1. The minimum atomic E-state index is 0.470. The molecule has 2 saturated carbocycles. The molecule has 0 N–H and O–H groups in total. The van der Waals surface area contributed by atoms with Crippen LogP contribution in [0.25, 0.3) is 0 Å². The van der Waals surface area contributed by atoms with Crippen LogP contribution in [-0.2, 0) is 4.79 Å². The first-order valence-electron chi connectivity index (χ1n) is 9.14. The summed E-state index contributed by atoms with van der Waals surface area (Å²) in [5, 5.41) is 0. The molecule has 0 aromatic carbocycles. The average molecular weight is 279 g/mol. The molecule has 2 rings (SSSR count). The molecule has 0 bridgehead atoms. The molecule has 0 radical (unpaired) electrons. The Kier molecular flexibility index (Phi) is 6.89. The van der Waals surface area contributed by atoms with Gasteiger partial charge in [0.25, 0.3) is 0 Å². The second-order valence-electron chi connectivity index (χ2n) is 6.84. The van der Waals surface area contributed by atoms with Gasteiger partial charge in [-0.25, -0.2) is 0 Å². The average Bonchev–Trinajstić information content (AvgIpc) is 2.50. The van der Waals surface area contributed by atoms with E-state index in [0.717, 1.165) is 12.8 Å². The third-order valence-corrected chi connectivity index (χ3v) is 5.22. The predicted octanol–water partition coefficient (Wildman–Crippen LogP) is 5.06. The number of rotatable bonds is 6. The molecule has 20 heavy (non-hydrogen) atoms. The second-order valence-corrected chi connectivity index (χ2v) is 6.84. The van der Waals surface area contributed by atoms with Gasteiger partial charge in [-0.2, -0.15) is 0 Å². The molecule has 2 aliphatic rings. The normalized spacial score (nSPS) is 21.9. The molecule has 0 aromatic rings. The Bertz CT molecular complexity index is 259. The van der Waals surface area contributed by atoms with Crippen molar-refractivity contribution in [3.63, 3.8) is 0 Å². The van der Waals surface area contributed by atoms with Crippen LogP contribution < -0.4 is 0 Å². The van der Waals surface area contributed by atoms with E-state index in [1.165, 1.54) is 77.0 Å². The molecule has 0 atom stereocenters. The monoisotopic (exact) mass is 279 g/mol. The van der Waals surface area contributed by atoms with Gasteiger partial charge in [-0.05, 0) is 32.1 Å². The fourth-order valence-electron chi connectivity index (χ4n) is 4.08. The highest BCUT2D eigenvalue weighted by Crippen LogP contribution is 2.31. The van der Waals surface area contributed by atoms with Crippen molar-refractivity contribution in [1.29, 1.82) is 0 Å². The highest BCUT2D eigenvalue weighted by atomic mass is 16.2. The van der Waals surface area contributed by atoms with E-state index in [0.29, 0.717) is 18.0 Å². The molecular formula is C18H33NO. The lowest BCUT2D eigenvalue weighted by Gasteiger charge is -2.42. The van der Waals surface area contributed by atoms with Gasteiger partial charge >= 0.3 is 0 Å². The molecular weight excluding hydrogens is 246 g/mol. The first-order valence-corrected chi connectivity index (χ1v) is 9.14. The van der Waals surface area contributed by atoms with Gasteiger partial charge < -0.3 is 4.90 Å². The van der Waals surface area contributed by atoms with E-state index in [9.17, 15) is 4.79 Å². The summed E-state index contributed by atoms with van der Waals surface area (Å²) in [6.07, 6.45) is 17.4. The lowest BCUT2D eigenvalue weighted by molar-refractivity contribution is -0.138. The number of hydrogen-bond donors (Lipinski definition) is 0. The third-order valence-electron chi connectivity index (χ3n) is 5.22. The van der Waals surface area contributed by atoms with Gasteiger partial charge in [0, 0.05) is 18.5 Å². The maximum Gasteiger partial charge on any atom is 0.223 e. The summed E-state index contributed by atoms with van der Waals surface area (Å²) in [5.41, 5.74) is 0. The van der Waals surface area contributed by atoms with E-state index in [2.05, 4.69) is 11.8 Å². The lowest BCUT2D eigenvalue weighted by Crippen LogP contribution is -2.48. The van der Waals surface area contributed by atoms with E-state index in [4.69, 9.17) is 0 Å². The quantitative estimate of drug-likeness (QED) is 0.622. The summed E-state index contributed by atoms with van der Waals surface area (Å²) in [5.74, 6) is 0.470. The van der Waals surface area contributed by atoms with Crippen molar-refractivity contribution in [2.24, 2.45) is 0 Å². The van der Waals surface area contributed by atoms with Gasteiger partial charge in [-0.1, -0.05) is 58.3 Å². The first-order chi connectivity index (χ1) is 9.83. The SMILES string of the molecule is CCCCCC(=O)N(C1CCCCC1)C1CCCCC1. The predicted molar refractivity (Wildman–Crippen MR) is 84.7 cm³/mol. The molecule has 2 heteroatoms. The standard InChI is InChI=1S/C18H33NO/c1-2-3-6-15-18(20)19(16-11-7-4-8-12-16)17-13-9-5-10-14-17/h16-17H,2-15H2,1H3. The van der Waals surface area contributed by atoms with Gasteiger partial charge in [0.15, 0.2) is 0 Å². The van der Waals surface area contributed by atoms with E-state index in [1.54, 1.807) is 0 Å². The van der Waals surface area contributed by atoms with Crippen molar-refractivity contribution in [2.75, 3.05) is 0 Å². The molecule has 0 unspecified atom stereocenters. The van der Waals surface area contributed by atoms with Crippen molar-refractivity contribution >= 4 is 5.91 Å². The van der Waals surface area contributed by atoms with Gasteiger partial charge in [0.05, 0.1) is 0 Å². The molecule has 0 saturated heterocycles.